The minimum Gasteiger partial charge on any atom is -0.338 e. The molecule has 3 heteroatoms. The first-order valence-corrected chi connectivity index (χ1v) is 7.63. The summed E-state index contributed by atoms with van der Waals surface area (Å²) in [5, 5.41) is 3.44. The molecular formula is C15H28N2O. The highest BCUT2D eigenvalue weighted by molar-refractivity contribution is 5.82. The quantitative estimate of drug-likeness (QED) is 0.777. The average Bonchev–Trinajstić information content (AvgIpc) is 2.61. The highest BCUT2D eigenvalue weighted by atomic mass is 16.2. The Hall–Kier alpha value is -0.570. The lowest BCUT2D eigenvalue weighted by Crippen LogP contribution is -2.55. The van der Waals surface area contributed by atoms with Crippen molar-refractivity contribution in [2.75, 3.05) is 13.1 Å². The van der Waals surface area contributed by atoms with Gasteiger partial charge in [-0.1, -0.05) is 26.7 Å². The van der Waals surface area contributed by atoms with Crippen molar-refractivity contribution in [3.63, 3.8) is 0 Å². The Labute approximate surface area is 111 Å². The molecule has 0 aromatic heterocycles. The summed E-state index contributed by atoms with van der Waals surface area (Å²) in [7, 11) is 0. The molecule has 0 radical (unpaired) electrons. The molecular weight excluding hydrogens is 224 g/mol. The predicted octanol–water partition coefficient (Wildman–Crippen LogP) is 2.41. The first-order chi connectivity index (χ1) is 8.59. The maximum atomic E-state index is 12.7. The van der Waals surface area contributed by atoms with Gasteiger partial charge in [-0.2, -0.15) is 0 Å². The molecule has 2 rings (SSSR count). The van der Waals surface area contributed by atoms with Crippen molar-refractivity contribution < 1.29 is 4.79 Å². The molecule has 18 heavy (non-hydrogen) atoms. The summed E-state index contributed by atoms with van der Waals surface area (Å²) in [6.07, 6.45) is 5.94. The number of likely N-dealkylation sites (tertiary alicyclic amines) is 1. The van der Waals surface area contributed by atoms with Crippen LogP contribution in [0.15, 0.2) is 0 Å². The Bertz CT molecular complexity index is 284. The van der Waals surface area contributed by atoms with Crippen LogP contribution in [-0.2, 0) is 4.79 Å². The van der Waals surface area contributed by atoms with Crippen molar-refractivity contribution >= 4 is 5.91 Å². The molecule has 2 heterocycles. The molecule has 2 aliphatic heterocycles. The predicted molar refractivity (Wildman–Crippen MR) is 74.4 cm³/mol. The van der Waals surface area contributed by atoms with E-state index in [9.17, 15) is 4.79 Å². The first kappa shape index (κ1) is 13.9. The van der Waals surface area contributed by atoms with Crippen LogP contribution in [-0.4, -0.2) is 36.0 Å². The second-order valence-electron chi connectivity index (χ2n) is 6.41. The van der Waals surface area contributed by atoms with E-state index in [1.165, 1.54) is 25.7 Å². The van der Waals surface area contributed by atoms with Gasteiger partial charge in [0.2, 0.25) is 5.91 Å². The molecule has 1 N–H and O–H groups in total. The molecule has 0 aromatic rings. The largest absolute Gasteiger partial charge is 0.338 e. The zero-order chi connectivity index (χ0) is 13.1. The van der Waals surface area contributed by atoms with Crippen molar-refractivity contribution in [2.45, 2.75) is 65.0 Å². The first-order valence-electron chi connectivity index (χ1n) is 7.63. The minimum absolute atomic E-state index is 0.0763. The summed E-state index contributed by atoms with van der Waals surface area (Å²) in [5.41, 5.74) is 0. The van der Waals surface area contributed by atoms with E-state index in [1.54, 1.807) is 0 Å². The topological polar surface area (TPSA) is 32.3 Å². The fourth-order valence-corrected chi connectivity index (χ4v) is 3.45. The van der Waals surface area contributed by atoms with Crippen LogP contribution in [0.1, 0.15) is 52.9 Å². The molecule has 1 amide bonds. The van der Waals surface area contributed by atoms with Crippen LogP contribution in [0, 0.1) is 11.8 Å². The minimum atomic E-state index is 0.0763. The van der Waals surface area contributed by atoms with Gasteiger partial charge in [0, 0.05) is 12.6 Å². The summed E-state index contributed by atoms with van der Waals surface area (Å²) in [5.74, 6) is 1.62. The summed E-state index contributed by atoms with van der Waals surface area (Å²) >= 11 is 0. The van der Waals surface area contributed by atoms with Crippen molar-refractivity contribution in [1.29, 1.82) is 0 Å². The molecule has 3 nitrogen and oxygen atoms in total. The van der Waals surface area contributed by atoms with Crippen molar-refractivity contribution in [2.24, 2.45) is 11.8 Å². The molecule has 0 bridgehead atoms. The lowest BCUT2D eigenvalue weighted by atomic mass is 9.85. The van der Waals surface area contributed by atoms with Crippen LogP contribution in [0.4, 0.5) is 0 Å². The van der Waals surface area contributed by atoms with Crippen LogP contribution < -0.4 is 5.32 Å². The lowest BCUT2D eigenvalue weighted by molar-refractivity contribution is -0.139. The van der Waals surface area contributed by atoms with E-state index in [0.717, 1.165) is 19.5 Å². The Kier molecular flexibility index (Phi) is 4.66. The van der Waals surface area contributed by atoms with Crippen LogP contribution in [0.5, 0.6) is 0 Å². The van der Waals surface area contributed by atoms with Gasteiger partial charge in [0.05, 0.1) is 6.04 Å². The van der Waals surface area contributed by atoms with Gasteiger partial charge in [-0.05, 0) is 44.6 Å². The zero-order valence-electron chi connectivity index (χ0n) is 12.1. The molecule has 0 spiro atoms. The van der Waals surface area contributed by atoms with E-state index in [0.29, 0.717) is 23.8 Å². The van der Waals surface area contributed by atoms with Gasteiger partial charge < -0.3 is 10.2 Å². The summed E-state index contributed by atoms with van der Waals surface area (Å²) in [6, 6.07) is 0.478. The average molecular weight is 252 g/mol. The standard InChI is InChI=1S/C15H28N2O/c1-11-9-12(2)13(3)17(10-11)15(18)14-7-5-4-6-8-16-14/h11-14,16H,4-10H2,1-3H3. The third-order valence-electron chi connectivity index (χ3n) is 4.74. The second kappa shape index (κ2) is 6.05. The summed E-state index contributed by atoms with van der Waals surface area (Å²) in [4.78, 5) is 14.8. The van der Waals surface area contributed by atoms with E-state index >= 15 is 0 Å². The Morgan fingerprint density at radius 1 is 1.17 bits per heavy atom. The van der Waals surface area contributed by atoms with Crippen LogP contribution in [0.25, 0.3) is 0 Å². The Morgan fingerprint density at radius 3 is 2.72 bits per heavy atom. The number of carbonyl (C=O) groups is 1. The summed E-state index contributed by atoms with van der Waals surface area (Å²) in [6.45, 7) is 8.71. The van der Waals surface area contributed by atoms with Crippen LogP contribution >= 0.6 is 0 Å². The van der Waals surface area contributed by atoms with Gasteiger partial charge >= 0.3 is 0 Å². The van der Waals surface area contributed by atoms with Gasteiger partial charge in [0.1, 0.15) is 0 Å². The van der Waals surface area contributed by atoms with Crippen molar-refractivity contribution in [3.8, 4) is 0 Å². The van der Waals surface area contributed by atoms with Gasteiger partial charge in [-0.25, -0.2) is 0 Å². The normalized spacial score (nSPS) is 38.3. The van der Waals surface area contributed by atoms with E-state index in [1.807, 2.05) is 0 Å². The molecule has 4 unspecified atom stereocenters. The molecule has 2 saturated heterocycles. The van der Waals surface area contributed by atoms with E-state index in [-0.39, 0.29) is 6.04 Å². The molecule has 2 aliphatic rings. The monoisotopic (exact) mass is 252 g/mol. The fraction of sp³-hybridized carbons (Fsp3) is 0.933. The van der Waals surface area contributed by atoms with E-state index in [2.05, 4.69) is 31.0 Å². The number of nitrogens with zero attached hydrogens (tertiary/aromatic N) is 1. The zero-order valence-corrected chi connectivity index (χ0v) is 12.1. The second-order valence-corrected chi connectivity index (χ2v) is 6.41. The molecule has 2 fully saturated rings. The van der Waals surface area contributed by atoms with Gasteiger partial charge in [-0.3, -0.25) is 4.79 Å². The fourth-order valence-electron chi connectivity index (χ4n) is 3.45. The third kappa shape index (κ3) is 3.05. The molecule has 104 valence electrons. The van der Waals surface area contributed by atoms with Gasteiger partial charge in [0.15, 0.2) is 0 Å². The maximum absolute atomic E-state index is 12.7. The van der Waals surface area contributed by atoms with Gasteiger partial charge in [0.25, 0.3) is 0 Å². The number of carbonyl (C=O) groups excluding carboxylic acids is 1. The molecule has 0 saturated carbocycles. The summed E-state index contributed by atoms with van der Waals surface area (Å²) < 4.78 is 0. The van der Waals surface area contributed by atoms with Crippen molar-refractivity contribution in [3.05, 3.63) is 0 Å². The number of nitrogens with one attached hydrogen (secondary N) is 1. The lowest BCUT2D eigenvalue weighted by Gasteiger charge is -2.42. The van der Waals surface area contributed by atoms with E-state index < -0.39 is 0 Å². The van der Waals surface area contributed by atoms with Crippen LogP contribution in [0.3, 0.4) is 0 Å². The number of hydrogen-bond donors (Lipinski definition) is 1. The number of piperidine rings is 1. The van der Waals surface area contributed by atoms with E-state index in [4.69, 9.17) is 0 Å². The highest BCUT2D eigenvalue weighted by Crippen LogP contribution is 2.28. The van der Waals surface area contributed by atoms with Gasteiger partial charge in [-0.15, -0.1) is 0 Å². The molecule has 4 atom stereocenters. The SMILES string of the molecule is CC1CC(C)C(C)N(C(=O)C2CCCCCN2)C1. The Balaban J connectivity index is 2.01. The number of hydrogen-bond acceptors (Lipinski definition) is 2. The molecule has 0 aromatic carbocycles. The van der Waals surface area contributed by atoms with Crippen molar-refractivity contribution in [1.82, 2.24) is 10.2 Å². The maximum Gasteiger partial charge on any atom is 0.239 e. The van der Waals surface area contributed by atoms with Crippen LogP contribution in [0.2, 0.25) is 0 Å². The number of rotatable bonds is 1. The third-order valence-corrected chi connectivity index (χ3v) is 4.74. The highest BCUT2D eigenvalue weighted by Gasteiger charge is 2.34. The number of amides is 1. The Morgan fingerprint density at radius 2 is 1.94 bits per heavy atom. The molecule has 0 aliphatic carbocycles. The smallest absolute Gasteiger partial charge is 0.239 e.